The third kappa shape index (κ3) is 3.51. The van der Waals surface area contributed by atoms with Crippen LogP contribution in [0.15, 0.2) is 0 Å². The molecule has 0 saturated carbocycles. The molecule has 0 unspecified atom stereocenters. The van der Waals surface area contributed by atoms with Crippen molar-refractivity contribution in [1.82, 2.24) is 9.80 Å². The van der Waals surface area contributed by atoms with Gasteiger partial charge in [-0.2, -0.15) is 0 Å². The Morgan fingerprint density at radius 1 is 1.20 bits per heavy atom. The van der Waals surface area contributed by atoms with Gasteiger partial charge in [0.05, 0.1) is 18.6 Å². The van der Waals surface area contributed by atoms with E-state index < -0.39 is 11.4 Å². The minimum absolute atomic E-state index is 0.126. The summed E-state index contributed by atoms with van der Waals surface area (Å²) in [6.45, 7) is 12.8. The van der Waals surface area contributed by atoms with Gasteiger partial charge in [0.1, 0.15) is 0 Å². The van der Waals surface area contributed by atoms with Crippen LogP contribution in [-0.4, -0.2) is 72.4 Å². The summed E-state index contributed by atoms with van der Waals surface area (Å²) >= 11 is 0. The number of carboxylic acids is 1. The number of carbonyl (C=O) groups is 1. The molecule has 0 atom stereocenters. The molecule has 0 spiro atoms. The lowest BCUT2D eigenvalue weighted by Crippen LogP contribution is -2.57. The molecule has 0 aromatic carbocycles. The smallest absolute Gasteiger partial charge is 0.309 e. The third-order valence-corrected chi connectivity index (χ3v) is 4.95. The molecule has 2 fully saturated rings. The van der Waals surface area contributed by atoms with Crippen LogP contribution in [0.5, 0.6) is 0 Å². The summed E-state index contributed by atoms with van der Waals surface area (Å²) < 4.78 is 5.42. The van der Waals surface area contributed by atoms with Crippen molar-refractivity contribution in [3.8, 4) is 0 Å². The van der Waals surface area contributed by atoms with Gasteiger partial charge in [-0.25, -0.2) is 0 Å². The fourth-order valence-corrected chi connectivity index (χ4v) is 3.23. The highest BCUT2D eigenvalue weighted by atomic mass is 16.5. The number of likely N-dealkylation sites (tertiary alicyclic amines) is 1. The number of hydrogen-bond acceptors (Lipinski definition) is 4. The van der Waals surface area contributed by atoms with Crippen LogP contribution in [0, 0.1) is 5.41 Å². The summed E-state index contributed by atoms with van der Waals surface area (Å²) in [5.41, 5.74) is -0.402. The van der Waals surface area contributed by atoms with Gasteiger partial charge < -0.3 is 14.7 Å². The highest BCUT2D eigenvalue weighted by molar-refractivity contribution is 5.74. The van der Waals surface area contributed by atoms with Crippen LogP contribution in [0.3, 0.4) is 0 Å². The van der Waals surface area contributed by atoms with Crippen molar-refractivity contribution in [2.75, 3.05) is 45.9 Å². The van der Waals surface area contributed by atoms with E-state index in [1.54, 1.807) is 0 Å². The Bertz CT molecular complexity index is 343. The molecule has 0 aromatic heterocycles. The maximum Gasteiger partial charge on any atom is 0.309 e. The molecule has 2 heterocycles. The lowest BCUT2D eigenvalue weighted by molar-refractivity contribution is -0.151. The van der Waals surface area contributed by atoms with Crippen LogP contribution < -0.4 is 0 Å². The molecule has 0 aliphatic carbocycles. The van der Waals surface area contributed by atoms with Crippen molar-refractivity contribution in [2.45, 2.75) is 39.2 Å². The van der Waals surface area contributed by atoms with Crippen LogP contribution in [0.25, 0.3) is 0 Å². The Balaban J connectivity index is 1.86. The van der Waals surface area contributed by atoms with Gasteiger partial charge in [0.2, 0.25) is 0 Å². The quantitative estimate of drug-likeness (QED) is 0.843. The van der Waals surface area contributed by atoms with Gasteiger partial charge in [-0.05, 0) is 46.7 Å². The SMILES string of the molecule is CC1(C(=O)O)CCN(CC(C)(C)N2CCOCC2)CC1. The van der Waals surface area contributed by atoms with E-state index in [-0.39, 0.29) is 5.54 Å². The van der Waals surface area contributed by atoms with Crippen molar-refractivity contribution >= 4 is 5.97 Å². The standard InChI is InChI=1S/C15H28N2O3/c1-14(2,17-8-10-20-11-9-17)12-16-6-4-15(3,5-7-16)13(18)19/h4-12H2,1-3H3,(H,18,19). The molecule has 20 heavy (non-hydrogen) atoms. The molecule has 116 valence electrons. The molecule has 2 saturated heterocycles. The summed E-state index contributed by atoms with van der Waals surface area (Å²) in [6, 6.07) is 0. The third-order valence-electron chi connectivity index (χ3n) is 4.95. The number of morpholine rings is 1. The van der Waals surface area contributed by atoms with Crippen molar-refractivity contribution in [3.63, 3.8) is 0 Å². The minimum Gasteiger partial charge on any atom is -0.481 e. The first-order valence-electron chi connectivity index (χ1n) is 7.62. The van der Waals surface area contributed by atoms with Gasteiger partial charge in [0.25, 0.3) is 0 Å². The van der Waals surface area contributed by atoms with E-state index in [2.05, 4.69) is 23.6 Å². The summed E-state index contributed by atoms with van der Waals surface area (Å²) in [7, 11) is 0. The fraction of sp³-hybridized carbons (Fsp3) is 0.933. The Hall–Kier alpha value is -0.650. The molecule has 5 nitrogen and oxygen atoms in total. The molecule has 0 radical (unpaired) electrons. The Kier molecular flexibility index (Phi) is 4.72. The molecule has 5 heteroatoms. The monoisotopic (exact) mass is 284 g/mol. The molecule has 0 bridgehead atoms. The average molecular weight is 284 g/mol. The molecule has 1 N–H and O–H groups in total. The predicted octanol–water partition coefficient (Wildman–Crippen LogP) is 1.28. The highest BCUT2D eigenvalue weighted by Crippen LogP contribution is 2.32. The Morgan fingerprint density at radius 3 is 2.25 bits per heavy atom. The zero-order valence-electron chi connectivity index (χ0n) is 13.0. The largest absolute Gasteiger partial charge is 0.481 e. The second-order valence-corrected chi connectivity index (χ2v) is 7.05. The molecule has 2 aliphatic rings. The van der Waals surface area contributed by atoms with Crippen LogP contribution in [0.2, 0.25) is 0 Å². The molecular weight excluding hydrogens is 256 g/mol. The Labute approximate surface area is 121 Å². The van der Waals surface area contributed by atoms with Crippen LogP contribution >= 0.6 is 0 Å². The summed E-state index contributed by atoms with van der Waals surface area (Å²) in [5, 5.41) is 9.28. The van der Waals surface area contributed by atoms with E-state index in [0.29, 0.717) is 0 Å². The number of carboxylic acid groups (broad SMARTS) is 1. The van der Waals surface area contributed by atoms with E-state index in [1.165, 1.54) is 0 Å². The Morgan fingerprint density at radius 2 is 1.75 bits per heavy atom. The predicted molar refractivity (Wildman–Crippen MR) is 77.9 cm³/mol. The molecule has 2 aliphatic heterocycles. The number of piperidine rings is 1. The minimum atomic E-state index is -0.649. The summed E-state index contributed by atoms with van der Waals surface area (Å²) in [5.74, 6) is -0.649. The van der Waals surface area contributed by atoms with E-state index >= 15 is 0 Å². The molecule has 0 aromatic rings. The number of hydrogen-bond donors (Lipinski definition) is 1. The van der Waals surface area contributed by atoms with Gasteiger partial charge in [-0.1, -0.05) is 0 Å². The van der Waals surface area contributed by atoms with Crippen LogP contribution in [0.1, 0.15) is 33.6 Å². The van der Waals surface area contributed by atoms with Crippen LogP contribution in [0.4, 0.5) is 0 Å². The number of aliphatic carboxylic acids is 1. The van der Waals surface area contributed by atoms with Gasteiger partial charge in [-0.3, -0.25) is 9.69 Å². The zero-order valence-corrected chi connectivity index (χ0v) is 13.0. The number of rotatable bonds is 4. The maximum absolute atomic E-state index is 11.3. The van der Waals surface area contributed by atoms with Gasteiger partial charge in [0.15, 0.2) is 0 Å². The van der Waals surface area contributed by atoms with E-state index in [1.807, 2.05) is 6.92 Å². The van der Waals surface area contributed by atoms with Gasteiger partial charge in [-0.15, -0.1) is 0 Å². The second-order valence-electron chi connectivity index (χ2n) is 7.05. The second kappa shape index (κ2) is 6.00. The van der Waals surface area contributed by atoms with Crippen molar-refractivity contribution in [3.05, 3.63) is 0 Å². The summed E-state index contributed by atoms with van der Waals surface area (Å²) in [6.07, 6.45) is 1.50. The first-order chi connectivity index (χ1) is 9.33. The van der Waals surface area contributed by atoms with Gasteiger partial charge >= 0.3 is 5.97 Å². The van der Waals surface area contributed by atoms with E-state index in [0.717, 1.165) is 58.8 Å². The number of nitrogens with zero attached hydrogens (tertiary/aromatic N) is 2. The number of ether oxygens (including phenoxy) is 1. The zero-order chi connectivity index (χ0) is 14.8. The molecule has 2 rings (SSSR count). The van der Waals surface area contributed by atoms with Crippen LogP contribution in [-0.2, 0) is 9.53 Å². The maximum atomic E-state index is 11.3. The lowest BCUT2D eigenvalue weighted by Gasteiger charge is -2.45. The summed E-state index contributed by atoms with van der Waals surface area (Å²) in [4.78, 5) is 16.2. The van der Waals surface area contributed by atoms with E-state index in [4.69, 9.17) is 4.74 Å². The van der Waals surface area contributed by atoms with Crippen molar-refractivity contribution in [1.29, 1.82) is 0 Å². The lowest BCUT2D eigenvalue weighted by atomic mass is 9.80. The average Bonchev–Trinajstić information content (AvgIpc) is 2.42. The first kappa shape index (κ1) is 15.7. The molecule has 0 amide bonds. The topological polar surface area (TPSA) is 53.0 Å². The van der Waals surface area contributed by atoms with E-state index in [9.17, 15) is 9.90 Å². The highest BCUT2D eigenvalue weighted by Gasteiger charge is 2.38. The molecular formula is C15H28N2O3. The normalized spacial score (nSPS) is 25.6. The van der Waals surface area contributed by atoms with Gasteiger partial charge in [0, 0.05) is 25.2 Å². The van der Waals surface area contributed by atoms with Crippen molar-refractivity contribution in [2.24, 2.45) is 5.41 Å². The first-order valence-corrected chi connectivity index (χ1v) is 7.62. The van der Waals surface area contributed by atoms with Crippen molar-refractivity contribution < 1.29 is 14.6 Å². The fourth-order valence-electron chi connectivity index (χ4n) is 3.23.